The van der Waals surface area contributed by atoms with Crippen molar-refractivity contribution in [2.24, 2.45) is 5.73 Å². The molecular weight excluding hydrogens is 356 g/mol. The largest absolute Gasteiger partial charge is 0.480 e. The molecule has 0 aliphatic heterocycles. The summed E-state index contributed by atoms with van der Waals surface area (Å²) in [7, 11) is 0. The molecule has 0 aliphatic rings. The second kappa shape index (κ2) is 8.72. The topological polar surface area (TPSA) is 137 Å². The number of benzene rings is 1. The number of para-hydroxylation sites is 1. The lowest BCUT2D eigenvalue weighted by Crippen LogP contribution is -2.54. The number of amides is 2. The number of hydrogen-bond donors (Lipinski definition) is 6. The fraction of sp³-hybridized carbons (Fsp3) is 0.353. The lowest BCUT2D eigenvalue weighted by atomic mass is 10.0. The molecule has 8 nitrogen and oxygen atoms in total. The van der Waals surface area contributed by atoms with Crippen LogP contribution in [0.4, 0.5) is 0 Å². The molecule has 0 bridgehead atoms. The highest BCUT2D eigenvalue weighted by Gasteiger charge is 2.26. The Morgan fingerprint density at radius 1 is 1.23 bits per heavy atom. The second-order valence-corrected chi connectivity index (χ2v) is 6.35. The number of carbonyl (C=O) groups excluding carboxylic acids is 2. The highest BCUT2D eigenvalue weighted by atomic mass is 32.1. The van der Waals surface area contributed by atoms with Crippen LogP contribution >= 0.6 is 12.6 Å². The molecule has 2 aromatic rings. The van der Waals surface area contributed by atoms with Crippen LogP contribution < -0.4 is 16.4 Å². The fourth-order valence-electron chi connectivity index (χ4n) is 2.49. The Bertz CT molecular complexity index is 807. The average molecular weight is 378 g/mol. The average Bonchev–Trinajstić information content (AvgIpc) is 3.03. The molecule has 9 heteroatoms. The number of carboxylic acid groups (broad SMARTS) is 1. The molecule has 1 aromatic carbocycles. The van der Waals surface area contributed by atoms with Gasteiger partial charge in [-0.05, 0) is 18.6 Å². The number of aliphatic carboxylic acids is 1. The van der Waals surface area contributed by atoms with Crippen molar-refractivity contribution in [2.45, 2.75) is 31.5 Å². The molecule has 2 rings (SSSR count). The molecule has 0 saturated carbocycles. The Morgan fingerprint density at radius 3 is 2.58 bits per heavy atom. The van der Waals surface area contributed by atoms with E-state index < -0.39 is 35.9 Å². The maximum atomic E-state index is 12.2. The maximum absolute atomic E-state index is 12.2. The van der Waals surface area contributed by atoms with Crippen LogP contribution in [0.1, 0.15) is 12.5 Å². The van der Waals surface area contributed by atoms with E-state index in [-0.39, 0.29) is 12.2 Å². The first-order valence-electron chi connectivity index (χ1n) is 8.08. The summed E-state index contributed by atoms with van der Waals surface area (Å²) >= 11 is 3.92. The first kappa shape index (κ1) is 19.8. The molecule has 0 radical (unpaired) electrons. The number of H-pyrrole nitrogens is 1. The molecule has 26 heavy (non-hydrogen) atoms. The van der Waals surface area contributed by atoms with E-state index in [1.165, 1.54) is 6.92 Å². The highest BCUT2D eigenvalue weighted by Crippen LogP contribution is 2.19. The molecule has 0 spiro atoms. The molecule has 3 atom stereocenters. The van der Waals surface area contributed by atoms with Crippen molar-refractivity contribution in [3.63, 3.8) is 0 Å². The maximum Gasteiger partial charge on any atom is 0.326 e. The van der Waals surface area contributed by atoms with Crippen LogP contribution in [0.2, 0.25) is 0 Å². The number of aromatic amines is 1. The Labute approximate surface area is 155 Å². The summed E-state index contributed by atoms with van der Waals surface area (Å²) in [5.41, 5.74) is 7.21. The van der Waals surface area contributed by atoms with Crippen molar-refractivity contribution in [3.05, 3.63) is 36.0 Å². The van der Waals surface area contributed by atoms with Gasteiger partial charge in [0.15, 0.2) is 0 Å². The predicted octanol–water partition coefficient (Wildman–Crippen LogP) is 0.0416. The smallest absolute Gasteiger partial charge is 0.326 e. The molecule has 3 unspecified atom stereocenters. The second-order valence-electron chi connectivity index (χ2n) is 5.98. The molecule has 1 aromatic heterocycles. The van der Waals surface area contributed by atoms with Crippen LogP contribution in [-0.2, 0) is 20.8 Å². The number of aromatic nitrogens is 1. The number of nitrogens with one attached hydrogen (secondary N) is 3. The molecule has 0 saturated heterocycles. The first-order valence-corrected chi connectivity index (χ1v) is 8.71. The van der Waals surface area contributed by atoms with E-state index >= 15 is 0 Å². The van der Waals surface area contributed by atoms with Gasteiger partial charge in [-0.15, -0.1) is 0 Å². The van der Waals surface area contributed by atoms with Gasteiger partial charge in [-0.1, -0.05) is 18.2 Å². The van der Waals surface area contributed by atoms with Gasteiger partial charge in [0.1, 0.15) is 12.1 Å². The van der Waals surface area contributed by atoms with E-state index in [0.29, 0.717) is 0 Å². The van der Waals surface area contributed by atoms with E-state index in [0.717, 1.165) is 16.5 Å². The molecule has 1 heterocycles. The van der Waals surface area contributed by atoms with E-state index in [9.17, 15) is 19.5 Å². The van der Waals surface area contributed by atoms with Gasteiger partial charge in [0.2, 0.25) is 11.8 Å². The Kier molecular flexibility index (Phi) is 6.64. The highest BCUT2D eigenvalue weighted by molar-refractivity contribution is 7.80. The predicted molar refractivity (Wildman–Crippen MR) is 101 cm³/mol. The van der Waals surface area contributed by atoms with Crippen LogP contribution in [0.3, 0.4) is 0 Å². The molecular formula is C17H22N4O4S. The quantitative estimate of drug-likeness (QED) is 0.360. The number of hydrogen-bond acceptors (Lipinski definition) is 5. The van der Waals surface area contributed by atoms with Gasteiger partial charge in [-0.2, -0.15) is 12.6 Å². The van der Waals surface area contributed by atoms with Crippen molar-refractivity contribution in [1.29, 1.82) is 0 Å². The minimum atomic E-state index is -1.16. The van der Waals surface area contributed by atoms with Crippen molar-refractivity contribution in [3.8, 4) is 0 Å². The zero-order chi connectivity index (χ0) is 19.3. The van der Waals surface area contributed by atoms with Crippen LogP contribution in [0.5, 0.6) is 0 Å². The Hall–Kier alpha value is -2.52. The third-order valence-corrected chi connectivity index (χ3v) is 4.39. The van der Waals surface area contributed by atoms with Crippen LogP contribution in [0.25, 0.3) is 10.9 Å². The van der Waals surface area contributed by atoms with Crippen LogP contribution in [0.15, 0.2) is 30.5 Å². The van der Waals surface area contributed by atoms with Crippen LogP contribution in [-0.4, -0.2) is 51.8 Å². The standard InChI is InChI=1S/C17H22N4O4S/c1-9(20-16(23)12(18)8-26)15(22)21-14(17(24)25)6-10-7-19-13-5-3-2-4-11(10)13/h2-5,7,9,12,14,19,26H,6,8,18H2,1H3,(H,20,23)(H,21,22)(H,24,25). The summed E-state index contributed by atoms with van der Waals surface area (Å²) in [5, 5.41) is 15.2. The lowest BCUT2D eigenvalue weighted by molar-refractivity contribution is -0.142. The zero-order valence-corrected chi connectivity index (χ0v) is 15.1. The third kappa shape index (κ3) is 4.77. The van der Waals surface area contributed by atoms with Gasteiger partial charge in [0, 0.05) is 29.3 Å². The summed E-state index contributed by atoms with van der Waals surface area (Å²) in [4.78, 5) is 38.6. The van der Waals surface area contributed by atoms with Gasteiger partial charge in [-0.25, -0.2) is 4.79 Å². The fourth-order valence-corrected chi connectivity index (χ4v) is 2.65. The summed E-state index contributed by atoms with van der Waals surface area (Å²) in [6.45, 7) is 1.46. The summed E-state index contributed by atoms with van der Waals surface area (Å²) in [5.74, 6) is -2.14. The van der Waals surface area contributed by atoms with Crippen molar-refractivity contribution in [2.75, 3.05) is 5.75 Å². The third-order valence-electron chi connectivity index (χ3n) is 4.00. The molecule has 6 N–H and O–H groups in total. The van der Waals surface area contributed by atoms with Gasteiger partial charge < -0.3 is 26.5 Å². The number of thiol groups is 1. The van der Waals surface area contributed by atoms with Crippen molar-refractivity contribution >= 4 is 41.3 Å². The van der Waals surface area contributed by atoms with Crippen molar-refractivity contribution < 1.29 is 19.5 Å². The number of fused-ring (bicyclic) bond motifs is 1. The van der Waals surface area contributed by atoms with E-state index in [2.05, 4.69) is 28.2 Å². The number of carboxylic acids is 1. The monoisotopic (exact) mass is 378 g/mol. The van der Waals surface area contributed by atoms with E-state index in [4.69, 9.17) is 5.73 Å². The van der Waals surface area contributed by atoms with Crippen LogP contribution in [0, 0.1) is 0 Å². The Balaban J connectivity index is 2.04. The van der Waals surface area contributed by atoms with Gasteiger partial charge in [0.25, 0.3) is 0 Å². The molecule has 0 fully saturated rings. The number of carbonyl (C=O) groups is 3. The van der Waals surface area contributed by atoms with Gasteiger partial charge >= 0.3 is 5.97 Å². The summed E-state index contributed by atoms with van der Waals surface area (Å²) in [6.07, 6.45) is 1.84. The Morgan fingerprint density at radius 2 is 1.92 bits per heavy atom. The lowest BCUT2D eigenvalue weighted by Gasteiger charge is -2.19. The van der Waals surface area contributed by atoms with Gasteiger partial charge in [0.05, 0.1) is 6.04 Å². The first-order chi connectivity index (χ1) is 12.3. The number of rotatable bonds is 8. The van der Waals surface area contributed by atoms with Crippen molar-refractivity contribution in [1.82, 2.24) is 15.6 Å². The van der Waals surface area contributed by atoms with Gasteiger partial charge in [-0.3, -0.25) is 9.59 Å². The molecule has 2 amide bonds. The molecule has 140 valence electrons. The van der Waals surface area contributed by atoms with E-state index in [1.54, 1.807) is 6.20 Å². The number of nitrogens with two attached hydrogens (primary N) is 1. The SMILES string of the molecule is CC(NC(=O)C(N)CS)C(=O)NC(Cc1c[nH]c2ccccc12)C(=O)O. The zero-order valence-electron chi connectivity index (χ0n) is 14.2. The minimum absolute atomic E-state index is 0.113. The summed E-state index contributed by atoms with van der Waals surface area (Å²) < 4.78 is 0. The minimum Gasteiger partial charge on any atom is -0.480 e. The van der Waals surface area contributed by atoms with E-state index in [1.807, 2.05) is 24.3 Å². The molecule has 0 aliphatic carbocycles. The normalized spacial score (nSPS) is 14.4. The summed E-state index contributed by atoms with van der Waals surface area (Å²) in [6, 6.07) is 4.61.